The summed E-state index contributed by atoms with van der Waals surface area (Å²) in [5, 5.41) is 13.5. The fourth-order valence-electron chi connectivity index (χ4n) is 1.73. The Morgan fingerprint density at radius 1 is 1.53 bits per heavy atom. The third-order valence-electron chi connectivity index (χ3n) is 2.61. The number of nitrogens with one attached hydrogen (secondary N) is 1. The van der Waals surface area contributed by atoms with Crippen LogP contribution in [-0.2, 0) is 0 Å². The van der Waals surface area contributed by atoms with Crippen LogP contribution in [0.15, 0.2) is 24.4 Å². The van der Waals surface area contributed by atoms with Gasteiger partial charge in [-0.05, 0) is 26.0 Å². The van der Waals surface area contributed by atoms with Gasteiger partial charge in [0.15, 0.2) is 0 Å². The topological polar surface area (TPSA) is 62.2 Å². The van der Waals surface area contributed by atoms with Crippen molar-refractivity contribution in [2.24, 2.45) is 0 Å². The van der Waals surface area contributed by atoms with Crippen molar-refractivity contribution in [3.8, 4) is 0 Å². The highest BCUT2D eigenvalue weighted by Gasteiger charge is 2.17. The van der Waals surface area contributed by atoms with Crippen LogP contribution in [0.4, 0.5) is 5.69 Å². The minimum absolute atomic E-state index is 0.0738. The molecule has 6 heteroatoms. The monoisotopic (exact) mass is 296 g/mol. The summed E-state index contributed by atoms with van der Waals surface area (Å²) in [5.74, 6) is -1.05. The van der Waals surface area contributed by atoms with E-state index < -0.39 is 5.97 Å². The molecular formula is C13H13ClN2O2S. The number of thiazole rings is 1. The van der Waals surface area contributed by atoms with E-state index in [0.29, 0.717) is 5.69 Å². The van der Waals surface area contributed by atoms with Gasteiger partial charge in [0, 0.05) is 11.1 Å². The Labute approximate surface area is 120 Å². The largest absolute Gasteiger partial charge is 0.478 e. The van der Waals surface area contributed by atoms with E-state index in [9.17, 15) is 9.90 Å². The molecule has 2 N–H and O–H groups in total. The second-order valence-electron chi connectivity index (χ2n) is 4.14. The van der Waals surface area contributed by atoms with E-state index in [0.717, 1.165) is 9.88 Å². The summed E-state index contributed by atoms with van der Waals surface area (Å²) in [6, 6.07) is 4.91. The first-order valence-electron chi connectivity index (χ1n) is 5.69. The lowest BCUT2D eigenvalue weighted by Gasteiger charge is -2.15. The molecule has 2 rings (SSSR count). The number of hydrogen-bond donors (Lipinski definition) is 2. The van der Waals surface area contributed by atoms with Gasteiger partial charge in [-0.2, -0.15) is 0 Å². The van der Waals surface area contributed by atoms with Crippen molar-refractivity contribution in [2.75, 3.05) is 5.32 Å². The number of hydrogen-bond acceptors (Lipinski definition) is 4. The Bertz CT molecular complexity index is 612. The van der Waals surface area contributed by atoms with Gasteiger partial charge in [-0.15, -0.1) is 11.3 Å². The number of carbonyl (C=O) groups is 1. The molecule has 0 fully saturated rings. The second kappa shape index (κ2) is 5.59. The van der Waals surface area contributed by atoms with Crippen LogP contribution < -0.4 is 5.32 Å². The number of nitrogens with zero attached hydrogens (tertiary/aromatic N) is 1. The van der Waals surface area contributed by atoms with Crippen molar-refractivity contribution < 1.29 is 9.90 Å². The molecule has 100 valence electrons. The van der Waals surface area contributed by atoms with Crippen molar-refractivity contribution in [3.05, 3.63) is 44.9 Å². The van der Waals surface area contributed by atoms with Crippen molar-refractivity contribution in [1.82, 2.24) is 4.98 Å². The minimum Gasteiger partial charge on any atom is -0.478 e. The number of aryl methyl sites for hydroxylation is 1. The molecular weight excluding hydrogens is 284 g/mol. The van der Waals surface area contributed by atoms with Crippen molar-refractivity contribution >= 4 is 34.6 Å². The fraction of sp³-hybridized carbons (Fsp3) is 0.231. The average molecular weight is 297 g/mol. The molecule has 0 radical (unpaired) electrons. The van der Waals surface area contributed by atoms with Crippen LogP contribution in [0.2, 0.25) is 5.02 Å². The molecule has 0 aliphatic carbocycles. The fourth-order valence-corrected chi connectivity index (χ4v) is 2.76. The average Bonchev–Trinajstić information content (AvgIpc) is 2.75. The lowest BCUT2D eigenvalue weighted by molar-refractivity contribution is 0.0698. The molecule has 1 aromatic carbocycles. The summed E-state index contributed by atoms with van der Waals surface area (Å²) in [7, 11) is 0. The zero-order valence-electron chi connectivity index (χ0n) is 10.5. The summed E-state index contributed by atoms with van der Waals surface area (Å²) in [6.07, 6.45) is 1.80. The first kappa shape index (κ1) is 13.8. The van der Waals surface area contributed by atoms with E-state index in [-0.39, 0.29) is 16.6 Å². The summed E-state index contributed by atoms with van der Waals surface area (Å²) >= 11 is 7.50. The lowest BCUT2D eigenvalue weighted by atomic mass is 10.1. The SMILES string of the molecule is Cc1cnc(C(C)Nc2cccc(Cl)c2C(=O)O)s1. The van der Waals surface area contributed by atoms with Crippen molar-refractivity contribution in [2.45, 2.75) is 19.9 Å². The second-order valence-corrected chi connectivity index (χ2v) is 5.82. The Morgan fingerprint density at radius 3 is 2.84 bits per heavy atom. The smallest absolute Gasteiger partial charge is 0.339 e. The van der Waals surface area contributed by atoms with Crippen LogP contribution >= 0.6 is 22.9 Å². The highest BCUT2D eigenvalue weighted by atomic mass is 35.5. The molecule has 1 atom stereocenters. The molecule has 0 aliphatic rings. The van der Waals surface area contributed by atoms with Crippen molar-refractivity contribution in [1.29, 1.82) is 0 Å². The maximum atomic E-state index is 11.2. The summed E-state index contributed by atoms with van der Waals surface area (Å²) in [6.45, 7) is 3.92. The summed E-state index contributed by atoms with van der Waals surface area (Å²) in [5.41, 5.74) is 0.588. The quantitative estimate of drug-likeness (QED) is 0.896. The lowest BCUT2D eigenvalue weighted by Crippen LogP contribution is -2.10. The Kier molecular flexibility index (Phi) is 4.07. The molecule has 0 bridgehead atoms. The number of carboxylic acids is 1. The molecule has 0 aliphatic heterocycles. The first-order valence-corrected chi connectivity index (χ1v) is 6.89. The zero-order valence-corrected chi connectivity index (χ0v) is 12.0. The highest BCUT2D eigenvalue weighted by Crippen LogP contribution is 2.29. The van der Waals surface area contributed by atoms with Gasteiger partial charge in [0.1, 0.15) is 10.6 Å². The third kappa shape index (κ3) is 3.05. The van der Waals surface area contributed by atoms with Gasteiger partial charge in [0.05, 0.1) is 16.8 Å². The molecule has 19 heavy (non-hydrogen) atoms. The number of benzene rings is 1. The maximum absolute atomic E-state index is 11.2. The molecule has 1 unspecified atom stereocenters. The third-order valence-corrected chi connectivity index (χ3v) is 4.02. The minimum atomic E-state index is -1.05. The van der Waals surface area contributed by atoms with E-state index in [4.69, 9.17) is 11.6 Å². The van der Waals surface area contributed by atoms with Crippen LogP contribution in [0.3, 0.4) is 0 Å². The van der Waals surface area contributed by atoms with E-state index >= 15 is 0 Å². The number of aromatic nitrogens is 1. The van der Waals surface area contributed by atoms with E-state index in [1.807, 2.05) is 13.8 Å². The van der Waals surface area contributed by atoms with Gasteiger partial charge in [0.25, 0.3) is 0 Å². The zero-order chi connectivity index (χ0) is 14.0. The standard InChI is InChI=1S/C13H13ClN2O2S/c1-7-6-15-12(19-7)8(2)16-10-5-3-4-9(14)11(10)13(17)18/h3-6,8,16H,1-2H3,(H,17,18). The molecule has 1 aromatic heterocycles. The van der Waals surface area contributed by atoms with E-state index in [2.05, 4.69) is 10.3 Å². The maximum Gasteiger partial charge on any atom is 0.339 e. The number of aromatic carboxylic acids is 1. The number of rotatable bonds is 4. The van der Waals surface area contributed by atoms with Crippen LogP contribution in [0.1, 0.15) is 33.2 Å². The summed E-state index contributed by atoms with van der Waals surface area (Å²) in [4.78, 5) is 16.6. The van der Waals surface area contributed by atoms with Gasteiger partial charge in [-0.25, -0.2) is 9.78 Å². The predicted molar refractivity (Wildman–Crippen MR) is 77.3 cm³/mol. The van der Waals surface area contributed by atoms with E-state index in [1.54, 1.807) is 35.7 Å². The Hall–Kier alpha value is -1.59. The van der Waals surface area contributed by atoms with Gasteiger partial charge in [0.2, 0.25) is 0 Å². The van der Waals surface area contributed by atoms with Gasteiger partial charge in [-0.1, -0.05) is 17.7 Å². The first-order chi connectivity index (χ1) is 8.99. The predicted octanol–water partition coefficient (Wildman–Crippen LogP) is 3.98. The summed E-state index contributed by atoms with van der Waals surface area (Å²) < 4.78 is 0. The molecule has 4 nitrogen and oxygen atoms in total. The Balaban J connectivity index is 2.28. The molecule has 0 saturated heterocycles. The highest BCUT2D eigenvalue weighted by molar-refractivity contribution is 7.11. The molecule has 2 aromatic rings. The number of carboxylic acid groups (broad SMARTS) is 1. The van der Waals surface area contributed by atoms with Crippen LogP contribution in [0.5, 0.6) is 0 Å². The Morgan fingerprint density at radius 2 is 2.26 bits per heavy atom. The number of halogens is 1. The molecule has 1 heterocycles. The normalized spacial score (nSPS) is 12.2. The van der Waals surface area contributed by atoms with Crippen LogP contribution in [0.25, 0.3) is 0 Å². The van der Waals surface area contributed by atoms with Crippen molar-refractivity contribution in [3.63, 3.8) is 0 Å². The van der Waals surface area contributed by atoms with Crippen LogP contribution in [-0.4, -0.2) is 16.1 Å². The van der Waals surface area contributed by atoms with Gasteiger partial charge < -0.3 is 10.4 Å². The van der Waals surface area contributed by atoms with Gasteiger partial charge >= 0.3 is 5.97 Å². The van der Waals surface area contributed by atoms with Crippen LogP contribution in [0, 0.1) is 6.92 Å². The molecule has 0 spiro atoms. The molecule has 0 amide bonds. The van der Waals surface area contributed by atoms with E-state index in [1.165, 1.54) is 0 Å². The van der Waals surface area contributed by atoms with Gasteiger partial charge in [-0.3, -0.25) is 0 Å². The molecule has 0 saturated carbocycles. The number of anilines is 1.